The van der Waals surface area contributed by atoms with Crippen molar-refractivity contribution in [3.8, 4) is 45.4 Å². The molecule has 0 aliphatic rings. The van der Waals surface area contributed by atoms with Crippen LogP contribution in [0.3, 0.4) is 0 Å². The Morgan fingerprint density at radius 2 is 1.43 bits per heavy atom. The predicted molar refractivity (Wildman–Crippen MR) is 134 cm³/mol. The number of phenolic OH excluding ortho intramolecular Hbond substituents is 1. The SMILES string of the molecule is COc1cc(N=Nc2ccc(F)cc2)cc(-c2nc(-c3ccccc3)c(-c3ccccc3)[nH]2)c1O. The quantitative estimate of drug-likeness (QED) is 0.253. The number of hydrogen-bond donors (Lipinski definition) is 2. The summed E-state index contributed by atoms with van der Waals surface area (Å²) in [6.45, 7) is 0. The van der Waals surface area contributed by atoms with E-state index in [1.165, 1.54) is 31.4 Å². The van der Waals surface area contributed by atoms with E-state index in [1.54, 1.807) is 12.1 Å². The molecule has 0 saturated carbocycles. The molecule has 7 heteroatoms. The van der Waals surface area contributed by atoms with Gasteiger partial charge in [0.2, 0.25) is 0 Å². The van der Waals surface area contributed by atoms with Crippen LogP contribution in [0.15, 0.2) is 107 Å². The minimum absolute atomic E-state index is 0.0683. The Bertz CT molecular complexity index is 1420. The summed E-state index contributed by atoms with van der Waals surface area (Å²) in [7, 11) is 1.46. The number of methoxy groups -OCH3 is 1. The van der Waals surface area contributed by atoms with Gasteiger partial charge in [-0.25, -0.2) is 9.37 Å². The number of benzene rings is 4. The fourth-order valence-electron chi connectivity index (χ4n) is 3.73. The van der Waals surface area contributed by atoms with E-state index in [9.17, 15) is 9.50 Å². The van der Waals surface area contributed by atoms with Crippen LogP contribution in [-0.4, -0.2) is 22.2 Å². The van der Waals surface area contributed by atoms with Crippen molar-refractivity contribution in [3.63, 3.8) is 0 Å². The number of imidazole rings is 1. The van der Waals surface area contributed by atoms with Gasteiger partial charge >= 0.3 is 0 Å². The lowest BCUT2D eigenvalue weighted by molar-refractivity contribution is 0.374. The normalized spacial score (nSPS) is 11.1. The minimum Gasteiger partial charge on any atom is -0.504 e. The third-order valence-corrected chi connectivity index (χ3v) is 5.46. The molecule has 0 spiro atoms. The average molecular weight is 465 g/mol. The minimum atomic E-state index is -0.348. The summed E-state index contributed by atoms with van der Waals surface area (Å²) < 4.78 is 18.6. The highest BCUT2D eigenvalue weighted by Crippen LogP contribution is 2.42. The van der Waals surface area contributed by atoms with Gasteiger partial charge in [0.05, 0.1) is 35.4 Å². The molecule has 2 N–H and O–H groups in total. The molecule has 0 aliphatic carbocycles. The second kappa shape index (κ2) is 9.61. The Hall–Kier alpha value is -4.78. The van der Waals surface area contributed by atoms with Crippen LogP contribution < -0.4 is 4.74 Å². The number of phenols is 1. The van der Waals surface area contributed by atoms with E-state index in [0.29, 0.717) is 22.8 Å². The van der Waals surface area contributed by atoms with Crippen LogP contribution in [-0.2, 0) is 0 Å². The largest absolute Gasteiger partial charge is 0.504 e. The van der Waals surface area contributed by atoms with Gasteiger partial charge in [-0.1, -0.05) is 60.7 Å². The summed E-state index contributed by atoms with van der Waals surface area (Å²) in [5, 5.41) is 19.3. The zero-order valence-electron chi connectivity index (χ0n) is 18.8. The first-order chi connectivity index (χ1) is 17.1. The van der Waals surface area contributed by atoms with Gasteiger partial charge in [0.15, 0.2) is 11.5 Å². The van der Waals surface area contributed by atoms with Crippen molar-refractivity contribution in [3.05, 3.63) is 103 Å². The molecule has 0 saturated heterocycles. The number of hydrogen-bond acceptors (Lipinski definition) is 5. The number of ether oxygens (including phenoxy) is 1. The number of nitrogens with zero attached hydrogens (tertiary/aromatic N) is 3. The van der Waals surface area contributed by atoms with E-state index >= 15 is 0 Å². The number of aromatic nitrogens is 2. The van der Waals surface area contributed by atoms with Crippen LogP contribution in [0.2, 0.25) is 0 Å². The highest BCUT2D eigenvalue weighted by atomic mass is 19.1. The van der Waals surface area contributed by atoms with Crippen molar-refractivity contribution >= 4 is 11.4 Å². The number of aromatic hydroxyl groups is 1. The number of nitrogens with one attached hydrogen (secondary N) is 1. The van der Waals surface area contributed by atoms with E-state index in [2.05, 4.69) is 15.2 Å². The van der Waals surface area contributed by atoms with E-state index in [4.69, 9.17) is 9.72 Å². The van der Waals surface area contributed by atoms with Gasteiger partial charge in [0, 0.05) is 17.2 Å². The second-order valence-electron chi connectivity index (χ2n) is 7.76. The topological polar surface area (TPSA) is 82.9 Å². The Kier molecular flexibility index (Phi) is 6.05. The third kappa shape index (κ3) is 4.65. The van der Waals surface area contributed by atoms with E-state index in [-0.39, 0.29) is 17.3 Å². The van der Waals surface area contributed by atoms with Crippen LogP contribution in [0, 0.1) is 5.82 Å². The maximum atomic E-state index is 13.2. The number of azo groups is 1. The molecule has 4 aromatic carbocycles. The molecule has 0 unspecified atom stereocenters. The average Bonchev–Trinajstić information content (AvgIpc) is 3.35. The summed E-state index contributed by atoms with van der Waals surface area (Å²) in [5.74, 6) is 0.270. The second-order valence-corrected chi connectivity index (χ2v) is 7.76. The molecule has 0 radical (unpaired) electrons. The zero-order chi connectivity index (χ0) is 24.2. The number of rotatable bonds is 6. The van der Waals surface area contributed by atoms with Gasteiger partial charge in [0.25, 0.3) is 0 Å². The van der Waals surface area contributed by atoms with Gasteiger partial charge in [-0.15, -0.1) is 0 Å². The lowest BCUT2D eigenvalue weighted by Crippen LogP contribution is -1.88. The lowest BCUT2D eigenvalue weighted by atomic mass is 10.1. The molecule has 1 aromatic heterocycles. The molecule has 35 heavy (non-hydrogen) atoms. The lowest BCUT2D eigenvalue weighted by Gasteiger charge is -2.08. The first kappa shape index (κ1) is 22.0. The first-order valence-corrected chi connectivity index (χ1v) is 10.9. The molecule has 6 nitrogen and oxygen atoms in total. The van der Waals surface area contributed by atoms with Gasteiger partial charge in [-0.3, -0.25) is 0 Å². The predicted octanol–water partition coefficient (Wildman–Crippen LogP) is 7.68. The molecular weight excluding hydrogens is 443 g/mol. The van der Waals surface area contributed by atoms with E-state index in [0.717, 1.165) is 22.5 Å². The molecule has 5 aromatic rings. The zero-order valence-corrected chi connectivity index (χ0v) is 18.8. The molecular formula is C28H21FN4O2. The summed E-state index contributed by atoms with van der Waals surface area (Å²) in [6, 6.07) is 28.6. The van der Waals surface area contributed by atoms with Crippen LogP contribution in [0.1, 0.15) is 0 Å². The van der Waals surface area contributed by atoms with Crippen LogP contribution in [0.4, 0.5) is 15.8 Å². The third-order valence-electron chi connectivity index (χ3n) is 5.46. The monoisotopic (exact) mass is 464 g/mol. The van der Waals surface area contributed by atoms with Crippen LogP contribution in [0.5, 0.6) is 11.5 Å². The van der Waals surface area contributed by atoms with Crippen molar-refractivity contribution in [1.82, 2.24) is 9.97 Å². The van der Waals surface area contributed by atoms with Crippen molar-refractivity contribution in [2.24, 2.45) is 10.2 Å². The maximum Gasteiger partial charge on any atom is 0.168 e. The highest BCUT2D eigenvalue weighted by Gasteiger charge is 2.20. The molecule has 1 heterocycles. The van der Waals surface area contributed by atoms with Crippen LogP contribution in [0.25, 0.3) is 33.9 Å². The Labute approximate surface area is 201 Å². The number of halogens is 1. The smallest absolute Gasteiger partial charge is 0.168 e. The molecule has 0 atom stereocenters. The highest BCUT2D eigenvalue weighted by molar-refractivity contribution is 5.83. The molecule has 0 aliphatic heterocycles. The van der Waals surface area contributed by atoms with E-state index in [1.807, 2.05) is 60.7 Å². The molecule has 172 valence electrons. The molecule has 0 fully saturated rings. The Morgan fingerprint density at radius 1 is 0.800 bits per heavy atom. The van der Waals surface area contributed by atoms with Crippen molar-refractivity contribution in [2.45, 2.75) is 0 Å². The van der Waals surface area contributed by atoms with Gasteiger partial charge in [-0.2, -0.15) is 10.2 Å². The van der Waals surface area contributed by atoms with Gasteiger partial charge in [0.1, 0.15) is 11.6 Å². The summed E-state index contributed by atoms with van der Waals surface area (Å²) >= 11 is 0. The maximum absolute atomic E-state index is 13.2. The summed E-state index contributed by atoms with van der Waals surface area (Å²) in [6.07, 6.45) is 0. The van der Waals surface area contributed by atoms with Crippen molar-refractivity contribution in [2.75, 3.05) is 7.11 Å². The molecule has 0 bridgehead atoms. The Balaban J connectivity index is 1.63. The fourth-order valence-corrected chi connectivity index (χ4v) is 3.73. The Morgan fingerprint density at radius 3 is 2.09 bits per heavy atom. The van der Waals surface area contributed by atoms with E-state index < -0.39 is 0 Å². The molecule has 0 amide bonds. The summed E-state index contributed by atoms with van der Waals surface area (Å²) in [5.41, 5.74) is 4.83. The molecule has 5 rings (SSSR count). The standard InChI is InChI=1S/C28H21FN4O2/c1-35-24-17-22(33-32-21-14-12-20(29)13-15-21)16-23(27(24)34)28-30-25(18-8-4-2-5-9-18)26(31-28)19-10-6-3-7-11-19/h2-17,34H,1H3,(H,30,31). The number of aromatic amines is 1. The number of H-pyrrole nitrogens is 1. The van der Waals surface area contributed by atoms with Crippen molar-refractivity contribution in [1.29, 1.82) is 0 Å². The summed E-state index contributed by atoms with van der Waals surface area (Å²) in [4.78, 5) is 8.22. The fraction of sp³-hybridized carbons (Fsp3) is 0.0357. The van der Waals surface area contributed by atoms with Gasteiger partial charge < -0.3 is 14.8 Å². The van der Waals surface area contributed by atoms with Crippen molar-refractivity contribution < 1.29 is 14.2 Å². The van der Waals surface area contributed by atoms with Crippen LogP contribution >= 0.6 is 0 Å². The van der Waals surface area contributed by atoms with Gasteiger partial charge in [-0.05, 0) is 30.3 Å². The first-order valence-electron chi connectivity index (χ1n) is 10.9.